The van der Waals surface area contributed by atoms with Crippen molar-refractivity contribution in [3.63, 3.8) is 0 Å². The van der Waals surface area contributed by atoms with Crippen LogP contribution in [-0.2, 0) is 0 Å². The van der Waals surface area contributed by atoms with Crippen LogP contribution in [0.25, 0.3) is 11.1 Å². The Kier molecular flexibility index (Phi) is 5.90. The first kappa shape index (κ1) is 17.0. The first-order valence-electron chi connectivity index (χ1n) is 9.19. The van der Waals surface area contributed by atoms with Gasteiger partial charge in [-0.05, 0) is 60.1 Å². The standard InChI is InChI=1S/C22H27FO/c1-17-4-6-18(7-5-17)3-2-16-24-22-14-10-20(11-15-22)19-8-12-21(23)13-9-19/h8-15,17-18H,2-7,16H2,1H3/t17-,18-. The lowest BCUT2D eigenvalue weighted by atomic mass is 9.81. The Morgan fingerprint density at radius 1 is 0.875 bits per heavy atom. The fraction of sp³-hybridized carbons (Fsp3) is 0.455. The summed E-state index contributed by atoms with van der Waals surface area (Å²) in [4.78, 5) is 0. The van der Waals surface area contributed by atoms with Crippen LogP contribution in [0.3, 0.4) is 0 Å². The Morgan fingerprint density at radius 2 is 1.46 bits per heavy atom. The molecule has 2 heteroatoms. The van der Waals surface area contributed by atoms with E-state index >= 15 is 0 Å². The molecule has 24 heavy (non-hydrogen) atoms. The second-order valence-corrected chi connectivity index (χ2v) is 7.15. The molecule has 0 bridgehead atoms. The van der Waals surface area contributed by atoms with Crippen LogP contribution in [0.2, 0.25) is 0 Å². The minimum atomic E-state index is -0.203. The monoisotopic (exact) mass is 326 g/mol. The second-order valence-electron chi connectivity index (χ2n) is 7.15. The van der Waals surface area contributed by atoms with Crippen LogP contribution in [0, 0.1) is 17.7 Å². The van der Waals surface area contributed by atoms with Crippen molar-refractivity contribution in [1.29, 1.82) is 0 Å². The van der Waals surface area contributed by atoms with Crippen molar-refractivity contribution in [1.82, 2.24) is 0 Å². The highest BCUT2D eigenvalue weighted by Crippen LogP contribution is 2.31. The normalized spacial score (nSPS) is 20.8. The van der Waals surface area contributed by atoms with Gasteiger partial charge < -0.3 is 4.74 Å². The SMILES string of the molecule is C[C@H]1CC[C@H](CCCOc2ccc(-c3ccc(F)cc3)cc2)CC1. The fourth-order valence-electron chi connectivity index (χ4n) is 3.57. The zero-order valence-electron chi connectivity index (χ0n) is 14.5. The molecule has 0 heterocycles. The summed E-state index contributed by atoms with van der Waals surface area (Å²) in [5, 5.41) is 0. The third kappa shape index (κ3) is 4.83. The lowest BCUT2D eigenvalue weighted by molar-refractivity contribution is 0.245. The van der Waals surface area contributed by atoms with Crippen molar-refractivity contribution in [3.8, 4) is 16.9 Å². The summed E-state index contributed by atoms with van der Waals surface area (Å²) < 4.78 is 18.8. The minimum absolute atomic E-state index is 0.203. The molecular weight excluding hydrogens is 299 g/mol. The van der Waals surface area contributed by atoms with Crippen LogP contribution < -0.4 is 4.74 Å². The molecule has 2 aromatic rings. The topological polar surface area (TPSA) is 9.23 Å². The van der Waals surface area contributed by atoms with E-state index < -0.39 is 0 Å². The van der Waals surface area contributed by atoms with Crippen LogP contribution >= 0.6 is 0 Å². The molecule has 0 amide bonds. The van der Waals surface area contributed by atoms with Gasteiger partial charge in [0.25, 0.3) is 0 Å². The predicted octanol–water partition coefficient (Wildman–Crippen LogP) is 6.48. The van der Waals surface area contributed by atoms with Gasteiger partial charge >= 0.3 is 0 Å². The summed E-state index contributed by atoms with van der Waals surface area (Å²) in [5.74, 6) is 2.55. The molecule has 2 aromatic carbocycles. The second kappa shape index (κ2) is 8.32. The molecule has 0 radical (unpaired) electrons. The Labute approximate surface area is 144 Å². The molecule has 0 saturated heterocycles. The van der Waals surface area contributed by atoms with E-state index in [2.05, 4.69) is 6.92 Å². The number of rotatable bonds is 6. The highest BCUT2D eigenvalue weighted by molar-refractivity contribution is 5.63. The van der Waals surface area contributed by atoms with Gasteiger partial charge in [-0.1, -0.05) is 56.9 Å². The van der Waals surface area contributed by atoms with E-state index in [9.17, 15) is 4.39 Å². The van der Waals surface area contributed by atoms with E-state index in [4.69, 9.17) is 4.74 Å². The average Bonchev–Trinajstić information content (AvgIpc) is 2.62. The van der Waals surface area contributed by atoms with Crippen molar-refractivity contribution in [3.05, 3.63) is 54.3 Å². The summed E-state index contributed by atoms with van der Waals surface area (Å²) in [6.07, 6.45) is 8.02. The highest BCUT2D eigenvalue weighted by atomic mass is 19.1. The maximum absolute atomic E-state index is 13.0. The van der Waals surface area contributed by atoms with Gasteiger partial charge in [0.1, 0.15) is 11.6 Å². The predicted molar refractivity (Wildman–Crippen MR) is 97.7 cm³/mol. The van der Waals surface area contributed by atoms with Gasteiger partial charge in [0.15, 0.2) is 0 Å². The summed E-state index contributed by atoms with van der Waals surface area (Å²) >= 11 is 0. The third-order valence-electron chi connectivity index (χ3n) is 5.19. The smallest absolute Gasteiger partial charge is 0.123 e. The Balaban J connectivity index is 1.42. The van der Waals surface area contributed by atoms with E-state index in [0.717, 1.165) is 41.7 Å². The van der Waals surface area contributed by atoms with E-state index in [-0.39, 0.29) is 5.82 Å². The number of benzene rings is 2. The Bertz CT molecular complexity index is 609. The fourth-order valence-corrected chi connectivity index (χ4v) is 3.57. The summed E-state index contributed by atoms with van der Waals surface area (Å²) in [7, 11) is 0. The molecule has 3 rings (SSSR count). The molecule has 0 aromatic heterocycles. The van der Waals surface area contributed by atoms with E-state index in [0.29, 0.717) is 0 Å². The van der Waals surface area contributed by atoms with Crippen LogP contribution in [0.5, 0.6) is 5.75 Å². The van der Waals surface area contributed by atoms with Crippen LogP contribution in [0.4, 0.5) is 4.39 Å². The number of halogens is 1. The lowest BCUT2D eigenvalue weighted by Crippen LogP contribution is -2.13. The van der Waals surface area contributed by atoms with E-state index in [1.54, 1.807) is 12.1 Å². The molecular formula is C22H27FO. The van der Waals surface area contributed by atoms with Gasteiger partial charge in [-0.25, -0.2) is 4.39 Å². The molecule has 1 aliphatic rings. The zero-order chi connectivity index (χ0) is 16.8. The maximum atomic E-state index is 13.0. The molecule has 1 nitrogen and oxygen atoms in total. The third-order valence-corrected chi connectivity index (χ3v) is 5.19. The van der Waals surface area contributed by atoms with Crippen LogP contribution in [0.15, 0.2) is 48.5 Å². The first-order chi connectivity index (χ1) is 11.7. The van der Waals surface area contributed by atoms with Gasteiger partial charge in [-0.15, -0.1) is 0 Å². The van der Waals surface area contributed by atoms with E-state index in [1.165, 1.54) is 44.2 Å². The minimum Gasteiger partial charge on any atom is -0.494 e. The molecule has 128 valence electrons. The zero-order valence-corrected chi connectivity index (χ0v) is 14.5. The van der Waals surface area contributed by atoms with Crippen molar-refractivity contribution in [2.24, 2.45) is 11.8 Å². The van der Waals surface area contributed by atoms with Crippen LogP contribution in [-0.4, -0.2) is 6.61 Å². The Hall–Kier alpha value is -1.83. The molecule has 0 N–H and O–H groups in total. The lowest BCUT2D eigenvalue weighted by Gasteiger charge is -2.25. The molecule has 1 aliphatic carbocycles. The summed E-state index contributed by atoms with van der Waals surface area (Å²) in [6.45, 7) is 3.16. The number of hydrogen-bond donors (Lipinski definition) is 0. The number of hydrogen-bond acceptors (Lipinski definition) is 1. The van der Waals surface area contributed by atoms with Crippen LogP contribution in [0.1, 0.15) is 45.4 Å². The highest BCUT2D eigenvalue weighted by Gasteiger charge is 2.17. The maximum Gasteiger partial charge on any atom is 0.123 e. The Morgan fingerprint density at radius 3 is 2.08 bits per heavy atom. The van der Waals surface area contributed by atoms with E-state index in [1.807, 2.05) is 24.3 Å². The molecule has 0 spiro atoms. The summed E-state index contributed by atoms with van der Waals surface area (Å²) in [6, 6.07) is 14.7. The molecule has 0 unspecified atom stereocenters. The molecule has 1 saturated carbocycles. The van der Waals surface area contributed by atoms with Crippen molar-refractivity contribution < 1.29 is 9.13 Å². The largest absolute Gasteiger partial charge is 0.494 e. The van der Waals surface area contributed by atoms with Gasteiger partial charge in [-0.2, -0.15) is 0 Å². The molecule has 1 fully saturated rings. The quantitative estimate of drug-likeness (QED) is 0.552. The summed E-state index contributed by atoms with van der Waals surface area (Å²) in [5.41, 5.74) is 2.10. The van der Waals surface area contributed by atoms with Gasteiger partial charge in [0.2, 0.25) is 0 Å². The first-order valence-corrected chi connectivity index (χ1v) is 9.19. The van der Waals surface area contributed by atoms with Crippen molar-refractivity contribution >= 4 is 0 Å². The average molecular weight is 326 g/mol. The van der Waals surface area contributed by atoms with Gasteiger partial charge in [0, 0.05) is 0 Å². The van der Waals surface area contributed by atoms with Crippen molar-refractivity contribution in [2.45, 2.75) is 45.4 Å². The molecule has 0 atom stereocenters. The number of ether oxygens (including phenoxy) is 1. The van der Waals surface area contributed by atoms with Crippen molar-refractivity contribution in [2.75, 3.05) is 6.61 Å². The molecule has 0 aliphatic heterocycles. The van der Waals surface area contributed by atoms with Gasteiger partial charge in [0.05, 0.1) is 6.61 Å². The van der Waals surface area contributed by atoms with Gasteiger partial charge in [-0.3, -0.25) is 0 Å².